The fourth-order valence-corrected chi connectivity index (χ4v) is 2.51. The first-order chi connectivity index (χ1) is 8.03. The van der Waals surface area contributed by atoms with E-state index in [0.717, 1.165) is 12.2 Å². The molecular weight excluding hydrogens is 210 g/mol. The molecule has 0 aliphatic heterocycles. The van der Waals surface area contributed by atoms with Crippen LogP contribution in [0.1, 0.15) is 24.8 Å². The van der Waals surface area contributed by atoms with Crippen LogP contribution in [0.15, 0.2) is 18.2 Å². The number of nitrogens with two attached hydrogens (primary N) is 1. The van der Waals surface area contributed by atoms with Crippen LogP contribution in [-0.2, 0) is 0 Å². The third-order valence-corrected chi connectivity index (χ3v) is 4.09. The molecule has 3 heteroatoms. The van der Waals surface area contributed by atoms with E-state index >= 15 is 0 Å². The number of likely N-dealkylation sites (N-methyl/N-ethyl adjacent to an activating group) is 1. The number of nitrogen functional groups attached to an aromatic ring is 1. The standard InChI is InChI=1S/C14H23N3/c1-11-9-12(15)5-6-13(11)16-10-14(17(2)3)7-4-8-14/h5-6,9,16H,4,7-8,10,15H2,1-3H3. The predicted octanol–water partition coefficient (Wildman–Crippen LogP) is 2.47. The molecule has 2 rings (SSSR count). The summed E-state index contributed by atoms with van der Waals surface area (Å²) in [5.41, 5.74) is 9.37. The third kappa shape index (κ3) is 2.39. The molecule has 94 valence electrons. The second-order valence-electron chi connectivity index (χ2n) is 5.40. The number of aryl methyl sites for hydroxylation is 1. The van der Waals surface area contributed by atoms with Gasteiger partial charge in [0.25, 0.3) is 0 Å². The molecule has 0 spiro atoms. The minimum atomic E-state index is 0.355. The SMILES string of the molecule is Cc1cc(N)ccc1NCC1(N(C)C)CCC1. The van der Waals surface area contributed by atoms with Crippen LogP contribution in [-0.4, -0.2) is 31.1 Å². The van der Waals surface area contributed by atoms with Crippen molar-refractivity contribution in [1.29, 1.82) is 0 Å². The zero-order valence-corrected chi connectivity index (χ0v) is 11.1. The maximum absolute atomic E-state index is 5.76. The molecule has 17 heavy (non-hydrogen) atoms. The zero-order valence-electron chi connectivity index (χ0n) is 11.1. The van der Waals surface area contributed by atoms with Gasteiger partial charge in [0.15, 0.2) is 0 Å². The van der Waals surface area contributed by atoms with Crippen LogP contribution in [0.5, 0.6) is 0 Å². The van der Waals surface area contributed by atoms with E-state index in [1.165, 1.54) is 30.5 Å². The molecule has 0 radical (unpaired) electrons. The van der Waals surface area contributed by atoms with Crippen LogP contribution in [0.2, 0.25) is 0 Å². The summed E-state index contributed by atoms with van der Waals surface area (Å²) in [5.74, 6) is 0. The summed E-state index contributed by atoms with van der Waals surface area (Å²) in [6.07, 6.45) is 3.93. The van der Waals surface area contributed by atoms with Gasteiger partial charge in [-0.15, -0.1) is 0 Å². The van der Waals surface area contributed by atoms with E-state index in [1.54, 1.807) is 0 Å². The van der Waals surface area contributed by atoms with E-state index in [4.69, 9.17) is 5.73 Å². The topological polar surface area (TPSA) is 41.3 Å². The number of nitrogens with zero attached hydrogens (tertiary/aromatic N) is 1. The minimum Gasteiger partial charge on any atom is -0.399 e. The molecule has 3 nitrogen and oxygen atoms in total. The fraction of sp³-hybridized carbons (Fsp3) is 0.571. The van der Waals surface area contributed by atoms with Gasteiger partial charge in [0.2, 0.25) is 0 Å². The van der Waals surface area contributed by atoms with Crippen molar-refractivity contribution in [3.63, 3.8) is 0 Å². The lowest BCUT2D eigenvalue weighted by molar-refractivity contribution is 0.0739. The lowest BCUT2D eigenvalue weighted by Crippen LogP contribution is -2.54. The van der Waals surface area contributed by atoms with Gasteiger partial charge in [-0.1, -0.05) is 0 Å². The van der Waals surface area contributed by atoms with Crippen LogP contribution < -0.4 is 11.1 Å². The normalized spacial score (nSPS) is 17.9. The van der Waals surface area contributed by atoms with Gasteiger partial charge in [-0.2, -0.15) is 0 Å². The number of hydrogen-bond donors (Lipinski definition) is 2. The summed E-state index contributed by atoms with van der Waals surface area (Å²) < 4.78 is 0. The summed E-state index contributed by atoms with van der Waals surface area (Å²) >= 11 is 0. The van der Waals surface area contributed by atoms with E-state index < -0.39 is 0 Å². The van der Waals surface area contributed by atoms with Gasteiger partial charge in [-0.25, -0.2) is 0 Å². The highest BCUT2D eigenvalue weighted by Gasteiger charge is 2.38. The Hall–Kier alpha value is -1.22. The largest absolute Gasteiger partial charge is 0.399 e. The number of anilines is 2. The Morgan fingerprint density at radius 2 is 2.06 bits per heavy atom. The Kier molecular flexibility index (Phi) is 3.29. The minimum absolute atomic E-state index is 0.355. The van der Waals surface area contributed by atoms with Crippen LogP contribution in [0.25, 0.3) is 0 Å². The van der Waals surface area contributed by atoms with Crippen molar-refractivity contribution >= 4 is 11.4 Å². The van der Waals surface area contributed by atoms with E-state index in [9.17, 15) is 0 Å². The highest BCUT2D eigenvalue weighted by atomic mass is 15.2. The second kappa shape index (κ2) is 4.57. The molecule has 0 heterocycles. The number of hydrogen-bond acceptors (Lipinski definition) is 3. The molecule has 0 aromatic heterocycles. The summed E-state index contributed by atoms with van der Waals surface area (Å²) in [5, 5.41) is 3.57. The Balaban J connectivity index is 2.02. The maximum atomic E-state index is 5.76. The Bertz CT molecular complexity index is 394. The molecule has 0 bridgehead atoms. The Morgan fingerprint density at radius 3 is 2.53 bits per heavy atom. The van der Waals surface area contributed by atoms with Crippen molar-refractivity contribution < 1.29 is 0 Å². The third-order valence-electron chi connectivity index (χ3n) is 4.09. The van der Waals surface area contributed by atoms with Crippen molar-refractivity contribution in [1.82, 2.24) is 4.90 Å². The zero-order chi connectivity index (χ0) is 12.5. The van der Waals surface area contributed by atoms with E-state index in [-0.39, 0.29) is 0 Å². The first-order valence-electron chi connectivity index (χ1n) is 6.31. The van der Waals surface area contributed by atoms with Gasteiger partial charge in [0.1, 0.15) is 0 Å². The van der Waals surface area contributed by atoms with E-state index in [1.807, 2.05) is 12.1 Å². The van der Waals surface area contributed by atoms with Crippen molar-refractivity contribution in [2.45, 2.75) is 31.7 Å². The summed E-state index contributed by atoms with van der Waals surface area (Å²) in [6.45, 7) is 3.12. The molecule has 1 saturated carbocycles. The molecular formula is C14H23N3. The van der Waals surface area contributed by atoms with Gasteiger partial charge in [-0.3, -0.25) is 0 Å². The molecule has 0 unspecified atom stereocenters. The molecule has 0 saturated heterocycles. The summed E-state index contributed by atoms with van der Waals surface area (Å²) in [7, 11) is 4.35. The van der Waals surface area contributed by atoms with Crippen molar-refractivity contribution in [2.75, 3.05) is 31.7 Å². The highest BCUT2D eigenvalue weighted by molar-refractivity contribution is 5.57. The molecule has 0 atom stereocenters. The number of rotatable bonds is 4. The first-order valence-corrected chi connectivity index (χ1v) is 6.31. The maximum Gasteiger partial charge on any atom is 0.0375 e. The molecule has 1 aromatic rings. The van der Waals surface area contributed by atoms with Crippen molar-refractivity contribution in [2.24, 2.45) is 0 Å². The molecule has 1 aliphatic carbocycles. The lowest BCUT2D eigenvalue weighted by atomic mass is 9.75. The van der Waals surface area contributed by atoms with Gasteiger partial charge < -0.3 is 16.0 Å². The van der Waals surface area contributed by atoms with Gasteiger partial charge in [-0.05, 0) is 64.0 Å². The average molecular weight is 233 g/mol. The molecule has 1 aliphatic rings. The number of benzene rings is 1. The van der Waals surface area contributed by atoms with Crippen LogP contribution in [0.3, 0.4) is 0 Å². The smallest absolute Gasteiger partial charge is 0.0375 e. The van der Waals surface area contributed by atoms with Crippen LogP contribution in [0, 0.1) is 6.92 Å². The monoisotopic (exact) mass is 233 g/mol. The molecule has 0 amide bonds. The molecule has 1 aromatic carbocycles. The van der Waals surface area contributed by atoms with E-state index in [2.05, 4.69) is 37.3 Å². The highest BCUT2D eigenvalue weighted by Crippen LogP contribution is 2.36. The number of nitrogens with one attached hydrogen (secondary N) is 1. The Labute approximate surface area is 104 Å². The Morgan fingerprint density at radius 1 is 1.35 bits per heavy atom. The second-order valence-corrected chi connectivity index (χ2v) is 5.40. The summed E-state index contributed by atoms with van der Waals surface area (Å²) in [4.78, 5) is 2.36. The summed E-state index contributed by atoms with van der Waals surface area (Å²) in [6, 6.07) is 6.05. The average Bonchev–Trinajstić information content (AvgIpc) is 2.18. The van der Waals surface area contributed by atoms with Crippen LogP contribution in [0.4, 0.5) is 11.4 Å². The lowest BCUT2D eigenvalue weighted by Gasteiger charge is -2.47. The fourth-order valence-electron chi connectivity index (χ4n) is 2.51. The quantitative estimate of drug-likeness (QED) is 0.785. The van der Waals surface area contributed by atoms with Crippen LogP contribution >= 0.6 is 0 Å². The van der Waals surface area contributed by atoms with Gasteiger partial charge >= 0.3 is 0 Å². The van der Waals surface area contributed by atoms with Gasteiger partial charge in [0.05, 0.1) is 0 Å². The first kappa shape index (κ1) is 12.2. The predicted molar refractivity (Wildman–Crippen MR) is 74.4 cm³/mol. The van der Waals surface area contributed by atoms with Gasteiger partial charge in [0, 0.05) is 23.5 Å². The van der Waals surface area contributed by atoms with Crippen molar-refractivity contribution in [3.8, 4) is 0 Å². The molecule has 1 fully saturated rings. The molecule has 3 N–H and O–H groups in total. The van der Waals surface area contributed by atoms with Crippen molar-refractivity contribution in [3.05, 3.63) is 23.8 Å². The van der Waals surface area contributed by atoms with E-state index in [0.29, 0.717) is 5.54 Å².